The molecular weight excluding hydrogens is 390 g/mol. The van der Waals surface area contributed by atoms with Crippen LogP contribution in [0.2, 0.25) is 0 Å². The zero-order valence-electron chi connectivity index (χ0n) is 18.6. The van der Waals surface area contributed by atoms with Gasteiger partial charge in [0.15, 0.2) is 0 Å². The SMILES string of the molecule is CSc1ccc(CN[C@H]2CC[C@@H](Nc3nc4c(c(N(C)C)n3)CCCC4)CC2)cc1. The van der Waals surface area contributed by atoms with Crippen LogP contribution in [0.3, 0.4) is 0 Å². The molecule has 1 aromatic heterocycles. The molecule has 0 radical (unpaired) electrons. The van der Waals surface area contributed by atoms with Crippen molar-refractivity contribution in [2.75, 3.05) is 30.6 Å². The summed E-state index contributed by atoms with van der Waals surface area (Å²) in [6, 6.07) is 9.97. The first-order valence-electron chi connectivity index (χ1n) is 11.3. The van der Waals surface area contributed by atoms with Crippen LogP contribution in [-0.2, 0) is 19.4 Å². The largest absolute Gasteiger partial charge is 0.362 e. The molecule has 0 aliphatic heterocycles. The van der Waals surface area contributed by atoms with E-state index in [1.54, 1.807) is 11.8 Å². The second-order valence-corrected chi connectivity index (χ2v) is 9.70. The maximum atomic E-state index is 4.89. The van der Waals surface area contributed by atoms with Crippen molar-refractivity contribution in [2.45, 2.75) is 74.9 Å². The highest BCUT2D eigenvalue weighted by atomic mass is 32.2. The van der Waals surface area contributed by atoms with Gasteiger partial charge in [-0.2, -0.15) is 4.98 Å². The smallest absolute Gasteiger partial charge is 0.225 e. The van der Waals surface area contributed by atoms with Crippen molar-refractivity contribution in [1.29, 1.82) is 0 Å². The lowest BCUT2D eigenvalue weighted by atomic mass is 9.91. The minimum atomic E-state index is 0.473. The predicted molar refractivity (Wildman–Crippen MR) is 128 cm³/mol. The summed E-state index contributed by atoms with van der Waals surface area (Å²) in [5.74, 6) is 1.93. The van der Waals surface area contributed by atoms with Crippen LogP contribution < -0.4 is 15.5 Å². The first-order valence-corrected chi connectivity index (χ1v) is 12.5. The summed E-state index contributed by atoms with van der Waals surface area (Å²) in [4.78, 5) is 13.2. The lowest BCUT2D eigenvalue weighted by Gasteiger charge is -2.30. The molecule has 6 heteroatoms. The van der Waals surface area contributed by atoms with Gasteiger partial charge in [-0.3, -0.25) is 0 Å². The first-order chi connectivity index (χ1) is 14.6. The van der Waals surface area contributed by atoms with Gasteiger partial charge in [-0.15, -0.1) is 11.8 Å². The van der Waals surface area contributed by atoms with Crippen molar-refractivity contribution < 1.29 is 0 Å². The van der Waals surface area contributed by atoms with Crippen molar-refractivity contribution in [3.8, 4) is 0 Å². The van der Waals surface area contributed by atoms with Crippen LogP contribution in [0.4, 0.5) is 11.8 Å². The highest BCUT2D eigenvalue weighted by molar-refractivity contribution is 7.98. The topological polar surface area (TPSA) is 53.1 Å². The van der Waals surface area contributed by atoms with E-state index in [-0.39, 0.29) is 0 Å². The molecule has 2 aliphatic carbocycles. The molecule has 1 fully saturated rings. The minimum absolute atomic E-state index is 0.473. The van der Waals surface area contributed by atoms with E-state index in [4.69, 9.17) is 9.97 Å². The molecular formula is C24H35N5S. The fourth-order valence-electron chi connectivity index (χ4n) is 4.64. The van der Waals surface area contributed by atoms with Gasteiger partial charge in [-0.05, 0) is 75.3 Å². The summed E-state index contributed by atoms with van der Waals surface area (Å²) in [7, 11) is 4.18. The Bertz CT molecular complexity index is 828. The third-order valence-electron chi connectivity index (χ3n) is 6.40. The average Bonchev–Trinajstić information content (AvgIpc) is 2.78. The fraction of sp³-hybridized carbons (Fsp3) is 0.583. The van der Waals surface area contributed by atoms with Gasteiger partial charge in [0, 0.05) is 43.2 Å². The highest BCUT2D eigenvalue weighted by Crippen LogP contribution is 2.29. The van der Waals surface area contributed by atoms with Gasteiger partial charge < -0.3 is 15.5 Å². The van der Waals surface area contributed by atoms with E-state index in [1.165, 1.54) is 60.2 Å². The van der Waals surface area contributed by atoms with E-state index in [2.05, 4.69) is 60.2 Å². The molecule has 1 heterocycles. The summed E-state index contributed by atoms with van der Waals surface area (Å²) < 4.78 is 0. The number of rotatable bonds is 7. The zero-order valence-corrected chi connectivity index (χ0v) is 19.4. The number of hydrogen-bond donors (Lipinski definition) is 2. The van der Waals surface area contributed by atoms with Gasteiger partial charge in [0.25, 0.3) is 0 Å². The predicted octanol–water partition coefficient (Wildman–Crippen LogP) is 4.66. The van der Waals surface area contributed by atoms with Crippen molar-refractivity contribution >= 4 is 23.5 Å². The Kier molecular flexibility index (Phi) is 7.16. The van der Waals surface area contributed by atoms with Gasteiger partial charge in [0.05, 0.1) is 5.69 Å². The summed E-state index contributed by atoms with van der Waals surface area (Å²) >= 11 is 1.79. The van der Waals surface area contributed by atoms with Crippen LogP contribution in [0.15, 0.2) is 29.2 Å². The van der Waals surface area contributed by atoms with E-state index in [0.29, 0.717) is 12.1 Å². The Balaban J connectivity index is 1.30. The molecule has 0 unspecified atom stereocenters. The maximum absolute atomic E-state index is 4.89. The van der Waals surface area contributed by atoms with Crippen molar-refractivity contribution in [3.05, 3.63) is 41.1 Å². The molecule has 1 saturated carbocycles. The van der Waals surface area contributed by atoms with Crippen LogP contribution in [0.5, 0.6) is 0 Å². The molecule has 0 spiro atoms. The number of fused-ring (bicyclic) bond motifs is 1. The number of anilines is 2. The first kappa shape index (κ1) is 21.4. The molecule has 2 aromatic rings. The van der Waals surface area contributed by atoms with Gasteiger partial charge in [-0.1, -0.05) is 12.1 Å². The molecule has 2 aliphatic rings. The van der Waals surface area contributed by atoms with Crippen molar-refractivity contribution in [2.24, 2.45) is 0 Å². The Morgan fingerprint density at radius 2 is 1.67 bits per heavy atom. The number of thioether (sulfide) groups is 1. The Hall–Kier alpha value is -1.79. The van der Waals surface area contributed by atoms with E-state index in [0.717, 1.165) is 31.2 Å². The van der Waals surface area contributed by atoms with Crippen LogP contribution in [-0.4, -0.2) is 42.4 Å². The summed E-state index contributed by atoms with van der Waals surface area (Å²) in [6.45, 7) is 0.956. The number of benzene rings is 1. The van der Waals surface area contributed by atoms with E-state index in [9.17, 15) is 0 Å². The number of aromatic nitrogens is 2. The quantitative estimate of drug-likeness (QED) is 0.630. The Labute approximate surface area is 185 Å². The molecule has 5 nitrogen and oxygen atoms in total. The second kappa shape index (κ2) is 10.0. The van der Waals surface area contributed by atoms with Gasteiger partial charge >= 0.3 is 0 Å². The Morgan fingerprint density at radius 3 is 2.37 bits per heavy atom. The molecule has 2 N–H and O–H groups in total. The molecule has 0 bridgehead atoms. The molecule has 4 rings (SSSR count). The minimum Gasteiger partial charge on any atom is -0.362 e. The summed E-state index contributed by atoms with van der Waals surface area (Å²) in [6.07, 6.45) is 11.5. The van der Waals surface area contributed by atoms with Gasteiger partial charge in [0.1, 0.15) is 5.82 Å². The van der Waals surface area contributed by atoms with Crippen LogP contribution >= 0.6 is 11.8 Å². The normalized spacial score (nSPS) is 21.2. The Morgan fingerprint density at radius 1 is 0.967 bits per heavy atom. The molecule has 30 heavy (non-hydrogen) atoms. The van der Waals surface area contributed by atoms with Crippen molar-refractivity contribution in [3.63, 3.8) is 0 Å². The van der Waals surface area contributed by atoms with Crippen molar-refractivity contribution in [1.82, 2.24) is 15.3 Å². The standard InChI is InChI=1S/C24H35N5S/c1-29(2)23-21-6-4-5-7-22(21)27-24(28-23)26-19-12-10-18(11-13-19)25-16-17-8-14-20(30-3)15-9-17/h8-9,14-15,18-19,25H,4-7,10-13,16H2,1-3H3,(H,26,27,28)/t18-,19+. The maximum Gasteiger partial charge on any atom is 0.225 e. The fourth-order valence-corrected chi connectivity index (χ4v) is 5.05. The van der Waals surface area contributed by atoms with E-state index >= 15 is 0 Å². The van der Waals surface area contributed by atoms with Crippen LogP contribution in [0.1, 0.15) is 55.3 Å². The molecule has 0 amide bonds. The average molecular weight is 426 g/mol. The zero-order chi connectivity index (χ0) is 20.9. The number of nitrogens with one attached hydrogen (secondary N) is 2. The van der Waals surface area contributed by atoms with Crippen LogP contribution in [0, 0.1) is 0 Å². The molecule has 162 valence electrons. The number of nitrogens with zero attached hydrogens (tertiary/aromatic N) is 3. The van der Waals surface area contributed by atoms with Gasteiger partial charge in [-0.25, -0.2) is 4.98 Å². The van der Waals surface area contributed by atoms with Gasteiger partial charge in [0.2, 0.25) is 5.95 Å². The third kappa shape index (κ3) is 5.27. The summed E-state index contributed by atoms with van der Waals surface area (Å²) in [5.41, 5.74) is 3.98. The molecule has 0 saturated heterocycles. The van der Waals surface area contributed by atoms with E-state index in [1.807, 2.05) is 0 Å². The lowest BCUT2D eigenvalue weighted by Crippen LogP contribution is -2.37. The third-order valence-corrected chi connectivity index (χ3v) is 7.14. The second-order valence-electron chi connectivity index (χ2n) is 8.82. The highest BCUT2D eigenvalue weighted by Gasteiger charge is 2.23. The van der Waals surface area contributed by atoms with Crippen LogP contribution in [0.25, 0.3) is 0 Å². The van der Waals surface area contributed by atoms with E-state index < -0.39 is 0 Å². The number of hydrogen-bond acceptors (Lipinski definition) is 6. The monoisotopic (exact) mass is 425 g/mol. The number of aryl methyl sites for hydroxylation is 1. The lowest BCUT2D eigenvalue weighted by molar-refractivity contribution is 0.352. The molecule has 1 aromatic carbocycles. The summed E-state index contributed by atoms with van der Waals surface area (Å²) in [5, 5.41) is 7.41. The molecule has 0 atom stereocenters.